The first kappa shape index (κ1) is 23.8. The molecule has 0 radical (unpaired) electrons. The molecule has 0 aliphatic rings. The second-order valence-electron chi connectivity index (χ2n) is 7.39. The van der Waals surface area contributed by atoms with E-state index >= 15 is 0 Å². The molecule has 0 fully saturated rings. The molecule has 168 valence electrons. The van der Waals surface area contributed by atoms with Crippen molar-refractivity contribution in [1.29, 1.82) is 0 Å². The molecule has 0 unspecified atom stereocenters. The zero-order valence-corrected chi connectivity index (χ0v) is 20.5. The van der Waals surface area contributed by atoms with Gasteiger partial charge in [0.25, 0.3) is 15.9 Å². The number of rotatable bonds is 8. The van der Waals surface area contributed by atoms with Crippen molar-refractivity contribution in [3.05, 3.63) is 82.3 Å². The summed E-state index contributed by atoms with van der Waals surface area (Å²) in [6.07, 6.45) is -0.179. The summed E-state index contributed by atoms with van der Waals surface area (Å²) in [7, 11) is -3.74. The lowest BCUT2D eigenvalue weighted by Gasteiger charge is -2.18. The van der Waals surface area contributed by atoms with Gasteiger partial charge in [-0.15, -0.1) is 0 Å². The van der Waals surface area contributed by atoms with Crippen LogP contribution in [0.1, 0.15) is 24.5 Å². The number of hydrogen-bond acceptors (Lipinski definition) is 4. The Balaban J connectivity index is 1.66. The summed E-state index contributed by atoms with van der Waals surface area (Å²) in [4.78, 5) is 12.8. The maximum Gasteiger partial charge on any atom is 0.265 e. The van der Waals surface area contributed by atoms with Gasteiger partial charge in [-0.05, 0) is 92.1 Å². The lowest BCUT2D eigenvalue weighted by molar-refractivity contribution is -0.122. The number of hydrogen-bond donors (Lipinski definition) is 2. The number of sulfonamides is 1. The van der Waals surface area contributed by atoms with Gasteiger partial charge in [-0.25, -0.2) is 8.42 Å². The first-order chi connectivity index (χ1) is 15.2. The molecule has 6 nitrogen and oxygen atoms in total. The smallest absolute Gasteiger partial charge is 0.265 e. The number of carbonyl (C=O) groups excluding carboxylic acids is 1. The molecule has 0 aliphatic heterocycles. The zero-order valence-electron chi connectivity index (χ0n) is 18.1. The predicted molar refractivity (Wildman–Crippen MR) is 131 cm³/mol. The highest BCUT2D eigenvalue weighted by Gasteiger charge is 2.20. The van der Waals surface area contributed by atoms with Crippen LogP contribution < -0.4 is 14.8 Å². The SMILES string of the molecule is CC[C@@H](Oc1ccc(C)c(C)c1)C(=O)Nc1ccc(S(=O)(=O)Nc2ccc(Br)cc2)cc1. The Hall–Kier alpha value is -2.84. The Kier molecular flexibility index (Phi) is 7.58. The number of amides is 1. The third-order valence-electron chi connectivity index (χ3n) is 4.95. The fraction of sp³-hybridized carbons (Fsp3) is 0.208. The van der Waals surface area contributed by atoms with E-state index in [0.717, 1.165) is 15.6 Å². The molecule has 0 saturated carbocycles. The van der Waals surface area contributed by atoms with Crippen molar-refractivity contribution in [1.82, 2.24) is 0 Å². The number of benzene rings is 3. The van der Waals surface area contributed by atoms with Crippen molar-refractivity contribution in [3.8, 4) is 5.75 Å². The highest BCUT2D eigenvalue weighted by Crippen LogP contribution is 2.22. The van der Waals surface area contributed by atoms with Gasteiger partial charge in [-0.1, -0.05) is 28.9 Å². The van der Waals surface area contributed by atoms with Gasteiger partial charge in [0.2, 0.25) is 0 Å². The summed E-state index contributed by atoms with van der Waals surface area (Å²) in [5.74, 6) is 0.338. The molecule has 0 bridgehead atoms. The van der Waals surface area contributed by atoms with E-state index in [9.17, 15) is 13.2 Å². The second-order valence-corrected chi connectivity index (χ2v) is 9.98. The van der Waals surface area contributed by atoms with Crippen LogP contribution in [0, 0.1) is 13.8 Å². The third kappa shape index (κ3) is 6.11. The molecular formula is C24H25BrN2O4S. The summed E-state index contributed by atoms with van der Waals surface area (Å²) < 4.78 is 34.4. The number of anilines is 2. The van der Waals surface area contributed by atoms with Crippen molar-refractivity contribution in [2.24, 2.45) is 0 Å². The van der Waals surface area contributed by atoms with Crippen molar-refractivity contribution in [3.63, 3.8) is 0 Å². The predicted octanol–water partition coefficient (Wildman–Crippen LogP) is 5.66. The normalized spacial score (nSPS) is 12.1. The number of nitrogens with one attached hydrogen (secondary N) is 2. The molecule has 3 aromatic rings. The van der Waals surface area contributed by atoms with Crippen LogP contribution in [0.4, 0.5) is 11.4 Å². The summed E-state index contributed by atoms with van der Waals surface area (Å²) in [5.41, 5.74) is 3.19. The van der Waals surface area contributed by atoms with E-state index in [2.05, 4.69) is 26.0 Å². The highest BCUT2D eigenvalue weighted by molar-refractivity contribution is 9.10. The minimum absolute atomic E-state index is 0.0943. The van der Waals surface area contributed by atoms with Crippen LogP contribution in [-0.2, 0) is 14.8 Å². The number of ether oxygens (including phenoxy) is 1. The lowest BCUT2D eigenvalue weighted by Crippen LogP contribution is -2.32. The Morgan fingerprint density at radius 2 is 1.56 bits per heavy atom. The summed E-state index contributed by atoms with van der Waals surface area (Å²) in [6, 6.07) is 18.5. The van der Waals surface area contributed by atoms with Crippen molar-refractivity contribution < 1.29 is 17.9 Å². The Bertz CT molecular complexity index is 1190. The average molecular weight is 517 g/mol. The maximum absolute atomic E-state index is 12.7. The Labute approximate surface area is 197 Å². The van der Waals surface area contributed by atoms with Crippen LogP contribution in [0.5, 0.6) is 5.75 Å². The summed E-state index contributed by atoms with van der Waals surface area (Å²) >= 11 is 3.32. The minimum Gasteiger partial charge on any atom is -0.481 e. The Morgan fingerprint density at radius 3 is 2.16 bits per heavy atom. The first-order valence-electron chi connectivity index (χ1n) is 10.1. The first-order valence-corrected chi connectivity index (χ1v) is 12.4. The van der Waals surface area contributed by atoms with Gasteiger partial charge in [0.15, 0.2) is 6.10 Å². The molecule has 32 heavy (non-hydrogen) atoms. The molecule has 0 aliphatic carbocycles. The van der Waals surface area contributed by atoms with Gasteiger partial charge in [-0.3, -0.25) is 9.52 Å². The van der Waals surface area contributed by atoms with E-state index in [-0.39, 0.29) is 10.8 Å². The van der Waals surface area contributed by atoms with Gasteiger partial charge < -0.3 is 10.1 Å². The van der Waals surface area contributed by atoms with Gasteiger partial charge >= 0.3 is 0 Å². The molecule has 3 aromatic carbocycles. The number of aryl methyl sites for hydroxylation is 2. The quantitative estimate of drug-likeness (QED) is 0.404. The van der Waals surface area contributed by atoms with Crippen molar-refractivity contribution in [2.75, 3.05) is 10.0 Å². The molecule has 0 heterocycles. The fourth-order valence-corrected chi connectivity index (χ4v) is 4.27. The molecule has 1 amide bonds. The van der Waals surface area contributed by atoms with E-state index in [4.69, 9.17) is 4.74 Å². The molecule has 1 atom stereocenters. The number of halogens is 1. The molecule has 0 spiro atoms. The van der Waals surface area contributed by atoms with E-state index in [1.807, 2.05) is 39.0 Å². The van der Waals surface area contributed by atoms with Crippen LogP contribution in [0.15, 0.2) is 76.1 Å². The van der Waals surface area contributed by atoms with Crippen LogP contribution in [-0.4, -0.2) is 20.4 Å². The van der Waals surface area contributed by atoms with Crippen molar-refractivity contribution in [2.45, 2.75) is 38.2 Å². The highest BCUT2D eigenvalue weighted by atomic mass is 79.9. The van der Waals surface area contributed by atoms with E-state index in [0.29, 0.717) is 23.5 Å². The van der Waals surface area contributed by atoms with Crippen LogP contribution in [0.3, 0.4) is 0 Å². The topological polar surface area (TPSA) is 84.5 Å². The van der Waals surface area contributed by atoms with Crippen molar-refractivity contribution >= 4 is 43.2 Å². The lowest BCUT2D eigenvalue weighted by atomic mass is 10.1. The maximum atomic E-state index is 12.7. The molecule has 2 N–H and O–H groups in total. The second kappa shape index (κ2) is 10.2. The average Bonchev–Trinajstić information content (AvgIpc) is 2.76. The van der Waals surface area contributed by atoms with Gasteiger partial charge in [0, 0.05) is 15.8 Å². The van der Waals surface area contributed by atoms with E-state index in [1.165, 1.54) is 12.1 Å². The molecule has 3 rings (SSSR count). The monoisotopic (exact) mass is 516 g/mol. The molecular weight excluding hydrogens is 492 g/mol. The molecule has 0 aromatic heterocycles. The Morgan fingerprint density at radius 1 is 0.938 bits per heavy atom. The fourth-order valence-electron chi connectivity index (χ4n) is 2.95. The van der Waals surface area contributed by atoms with Crippen LogP contribution in [0.2, 0.25) is 0 Å². The van der Waals surface area contributed by atoms with E-state index < -0.39 is 16.1 Å². The van der Waals surface area contributed by atoms with Gasteiger partial charge in [-0.2, -0.15) is 0 Å². The zero-order chi connectivity index (χ0) is 23.3. The largest absolute Gasteiger partial charge is 0.481 e. The molecule has 8 heteroatoms. The van der Waals surface area contributed by atoms with Gasteiger partial charge in [0.05, 0.1) is 4.90 Å². The van der Waals surface area contributed by atoms with Gasteiger partial charge in [0.1, 0.15) is 5.75 Å². The molecule has 0 saturated heterocycles. The number of carbonyl (C=O) groups is 1. The summed E-state index contributed by atoms with van der Waals surface area (Å²) in [6.45, 7) is 5.88. The minimum atomic E-state index is -3.74. The summed E-state index contributed by atoms with van der Waals surface area (Å²) in [5, 5.41) is 2.79. The van der Waals surface area contributed by atoms with Crippen LogP contribution in [0.25, 0.3) is 0 Å². The third-order valence-corrected chi connectivity index (χ3v) is 6.87. The van der Waals surface area contributed by atoms with E-state index in [1.54, 1.807) is 36.4 Å². The standard InChI is InChI=1S/C24H25BrN2O4S/c1-4-23(31-21-12-5-16(2)17(3)15-21)24(28)26-19-10-13-22(14-11-19)32(29,30)27-20-8-6-18(25)7-9-20/h5-15,23,27H,4H2,1-3H3,(H,26,28)/t23-/m1/s1. The van der Waals surface area contributed by atoms with Crippen LogP contribution >= 0.6 is 15.9 Å².